The van der Waals surface area contributed by atoms with Gasteiger partial charge in [0.2, 0.25) is 5.91 Å². The van der Waals surface area contributed by atoms with Gasteiger partial charge >= 0.3 is 6.09 Å². The fraction of sp³-hybridized carbons (Fsp3) is 0.529. The third kappa shape index (κ3) is 3.79. The molecular formula is C17H24N2O5. The first kappa shape index (κ1) is 18.1. The molecule has 1 aromatic carbocycles. The summed E-state index contributed by atoms with van der Waals surface area (Å²) in [6, 6.07) is 5.28. The summed E-state index contributed by atoms with van der Waals surface area (Å²) in [5.74, 6) is 1.07. The molecule has 1 aromatic rings. The zero-order valence-corrected chi connectivity index (χ0v) is 14.5. The van der Waals surface area contributed by atoms with Gasteiger partial charge in [0.1, 0.15) is 11.5 Å². The first-order valence-electron chi connectivity index (χ1n) is 7.88. The van der Waals surface area contributed by atoms with E-state index in [9.17, 15) is 9.59 Å². The average molecular weight is 336 g/mol. The zero-order chi connectivity index (χ0) is 17.7. The Morgan fingerprint density at radius 2 is 2.00 bits per heavy atom. The number of ether oxygens (including phenoxy) is 3. The van der Waals surface area contributed by atoms with Crippen LogP contribution in [0.2, 0.25) is 0 Å². The van der Waals surface area contributed by atoms with Gasteiger partial charge in [-0.25, -0.2) is 4.79 Å². The van der Waals surface area contributed by atoms with Crippen molar-refractivity contribution < 1.29 is 23.8 Å². The minimum atomic E-state index is -0.746. The van der Waals surface area contributed by atoms with E-state index >= 15 is 0 Å². The Morgan fingerprint density at radius 3 is 2.62 bits per heavy atom. The molecule has 2 amide bonds. The average Bonchev–Trinajstić information content (AvgIpc) is 3.09. The van der Waals surface area contributed by atoms with Crippen LogP contribution >= 0.6 is 0 Å². The maximum Gasteiger partial charge on any atom is 0.413 e. The Hall–Kier alpha value is -2.28. The van der Waals surface area contributed by atoms with Crippen molar-refractivity contribution in [3.63, 3.8) is 0 Å². The summed E-state index contributed by atoms with van der Waals surface area (Å²) < 4.78 is 15.2. The quantitative estimate of drug-likeness (QED) is 0.887. The summed E-state index contributed by atoms with van der Waals surface area (Å²) in [5, 5.41) is 2.23. The molecule has 0 bridgehead atoms. The van der Waals surface area contributed by atoms with Gasteiger partial charge in [-0.3, -0.25) is 15.0 Å². The van der Waals surface area contributed by atoms with Gasteiger partial charge in [-0.2, -0.15) is 0 Å². The lowest BCUT2D eigenvalue weighted by Crippen LogP contribution is -2.46. The van der Waals surface area contributed by atoms with Crippen LogP contribution in [0.25, 0.3) is 0 Å². The van der Waals surface area contributed by atoms with E-state index in [1.165, 1.54) is 7.11 Å². The van der Waals surface area contributed by atoms with Crippen molar-refractivity contribution in [2.45, 2.75) is 31.8 Å². The summed E-state index contributed by atoms with van der Waals surface area (Å²) in [6.45, 7) is 2.56. The Morgan fingerprint density at radius 1 is 1.25 bits per heavy atom. The van der Waals surface area contributed by atoms with E-state index in [0.717, 1.165) is 36.4 Å². The van der Waals surface area contributed by atoms with E-state index in [-0.39, 0.29) is 11.9 Å². The minimum absolute atomic E-state index is 0.0456. The molecule has 0 radical (unpaired) electrons. The molecule has 7 nitrogen and oxygen atoms in total. The van der Waals surface area contributed by atoms with Crippen molar-refractivity contribution in [3.8, 4) is 11.5 Å². The maximum absolute atomic E-state index is 12.2. The number of hydrogen-bond donors (Lipinski definition) is 1. The molecule has 132 valence electrons. The van der Waals surface area contributed by atoms with Crippen molar-refractivity contribution in [1.82, 2.24) is 10.2 Å². The summed E-state index contributed by atoms with van der Waals surface area (Å²) in [7, 11) is 4.45. The maximum atomic E-state index is 12.2. The highest BCUT2D eigenvalue weighted by molar-refractivity contribution is 5.94. The zero-order valence-electron chi connectivity index (χ0n) is 14.5. The van der Waals surface area contributed by atoms with E-state index in [1.807, 2.05) is 18.2 Å². The van der Waals surface area contributed by atoms with E-state index < -0.39 is 12.1 Å². The van der Waals surface area contributed by atoms with Crippen molar-refractivity contribution in [3.05, 3.63) is 23.8 Å². The topological polar surface area (TPSA) is 77.1 Å². The van der Waals surface area contributed by atoms with Gasteiger partial charge in [0.05, 0.1) is 27.4 Å². The molecule has 0 aromatic heterocycles. The van der Waals surface area contributed by atoms with Crippen LogP contribution in [-0.2, 0) is 9.53 Å². The molecule has 1 aliphatic heterocycles. The second-order valence-corrected chi connectivity index (χ2v) is 5.66. The Labute approximate surface area is 141 Å². The van der Waals surface area contributed by atoms with E-state index in [0.29, 0.717) is 0 Å². The summed E-state index contributed by atoms with van der Waals surface area (Å²) in [6.07, 6.45) is 1.14. The summed E-state index contributed by atoms with van der Waals surface area (Å²) >= 11 is 0. The number of hydrogen-bond acceptors (Lipinski definition) is 6. The number of imide groups is 1. The molecular weight excluding hydrogens is 312 g/mol. The number of nitrogens with zero attached hydrogens (tertiary/aromatic N) is 1. The number of methoxy groups -OCH3 is 3. The van der Waals surface area contributed by atoms with Gasteiger partial charge in [-0.1, -0.05) is 6.07 Å². The first-order chi connectivity index (χ1) is 11.5. The summed E-state index contributed by atoms with van der Waals surface area (Å²) in [5.41, 5.74) is 1.01. The minimum Gasteiger partial charge on any atom is -0.497 e. The second kappa shape index (κ2) is 8.01. The molecule has 1 aliphatic rings. The molecule has 2 atom stereocenters. The standard InChI is InChI=1S/C17H24N2O5/c1-11(16(20)18-17(21)24-4)19-9-5-6-14(19)13-8-7-12(22-2)10-15(13)23-3/h7-8,10-11,14H,5-6,9H2,1-4H3,(H,18,20,21)/t11-,14-/m1/s1. The third-order valence-electron chi connectivity index (χ3n) is 4.38. The molecule has 7 heteroatoms. The van der Waals surface area contributed by atoms with Crippen LogP contribution in [0.4, 0.5) is 4.79 Å². The number of likely N-dealkylation sites (tertiary alicyclic amines) is 1. The molecule has 1 saturated heterocycles. The largest absolute Gasteiger partial charge is 0.497 e. The van der Waals surface area contributed by atoms with E-state index in [2.05, 4.69) is 15.0 Å². The van der Waals surface area contributed by atoms with Crippen molar-refractivity contribution >= 4 is 12.0 Å². The van der Waals surface area contributed by atoms with Crippen LogP contribution in [0.1, 0.15) is 31.4 Å². The Bertz CT molecular complexity index is 605. The predicted molar refractivity (Wildman–Crippen MR) is 88.2 cm³/mol. The normalized spacial score (nSPS) is 18.8. The van der Waals surface area contributed by atoms with Gasteiger partial charge in [0.25, 0.3) is 0 Å². The van der Waals surface area contributed by atoms with Crippen LogP contribution in [0.5, 0.6) is 11.5 Å². The number of alkyl carbamates (subject to hydrolysis) is 1. The highest BCUT2D eigenvalue weighted by atomic mass is 16.5. The van der Waals surface area contributed by atoms with E-state index in [4.69, 9.17) is 9.47 Å². The number of amides is 2. The molecule has 24 heavy (non-hydrogen) atoms. The highest BCUT2D eigenvalue weighted by Crippen LogP contribution is 2.39. The molecule has 0 saturated carbocycles. The highest BCUT2D eigenvalue weighted by Gasteiger charge is 2.35. The van der Waals surface area contributed by atoms with Crippen LogP contribution in [0, 0.1) is 0 Å². The van der Waals surface area contributed by atoms with Crippen LogP contribution in [-0.4, -0.2) is 50.8 Å². The van der Waals surface area contributed by atoms with Crippen molar-refractivity contribution in [2.75, 3.05) is 27.9 Å². The molecule has 0 unspecified atom stereocenters. The number of carbonyl (C=O) groups excluding carboxylic acids is 2. The Kier molecular flexibility index (Phi) is 6.03. The van der Waals surface area contributed by atoms with Gasteiger partial charge in [-0.15, -0.1) is 0 Å². The van der Waals surface area contributed by atoms with Gasteiger partial charge in [-0.05, 0) is 32.4 Å². The first-order valence-corrected chi connectivity index (χ1v) is 7.88. The number of benzene rings is 1. The van der Waals surface area contributed by atoms with E-state index in [1.54, 1.807) is 21.1 Å². The molecule has 1 N–H and O–H groups in total. The summed E-state index contributed by atoms with van der Waals surface area (Å²) in [4.78, 5) is 25.6. The fourth-order valence-corrected chi connectivity index (χ4v) is 3.09. The Balaban J connectivity index is 2.21. The van der Waals surface area contributed by atoms with Gasteiger partial charge in [0, 0.05) is 17.7 Å². The molecule has 0 aliphatic carbocycles. The predicted octanol–water partition coefficient (Wildman–Crippen LogP) is 2.11. The number of nitrogens with one attached hydrogen (secondary N) is 1. The van der Waals surface area contributed by atoms with Crippen molar-refractivity contribution in [2.24, 2.45) is 0 Å². The molecule has 1 fully saturated rings. The molecule has 1 heterocycles. The molecule has 2 rings (SSSR count). The van der Waals surface area contributed by atoms with Crippen LogP contribution in [0.3, 0.4) is 0 Å². The SMILES string of the molecule is COC(=O)NC(=O)[C@@H](C)N1CCC[C@@H]1c1ccc(OC)cc1OC. The lowest BCUT2D eigenvalue weighted by Gasteiger charge is -2.30. The monoisotopic (exact) mass is 336 g/mol. The number of rotatable bonds is 5. The smallest absolute Gasteiger partial charge is 0.413 e. The van der Waals surface area contributed by atoms with Crippen LogP contribution in [0.15, 0.2) is 18.2 Å². The number of carbonyl (C=O) groups is 2. The lowest BCUT2D eigenvalue weighted by molar-refractivity contribution is -0.125. The van der Waals surface area contributed by atoms with Gasteiger partial charge in [0.15, 0.2) is 0 Å². The van der Waals surface area contributed by atoms with Gasteiger partial charge < -0.3 is 14.2 Å². The van der Waals surface area contributed by atoms with Crippen LogP contribution < -0.4 is 14.8 Å². The fourth-order valence-electron chi connectivity index (χ4n) is 3.09. The lowest BCUT2D eigenvalue weighted by atomic mass is 10.0. The molecule has 0 spiro atoms. The third-order valence-corrected chi connectivity index (χ3v) is 4.38. The second-order valence-electron chi connectivity index (χ2n) is 5.66. The van der Waals surface area contributed by atoms with Crippen molar-refractivity contribution in [1.29, 1.82) is 0 Å².